The van der Waals surface area contributed by atoms with Crippen LogP contribution in [0, 0.1) is 6.92 Å². The molecule has 0 aliphatic heterocycles. The van der Waals surface area contributed by atoms with Gasteiger partial charge in [0.1, 0.15) is 0 Å². The van der Waals surface area contributed by atoms with Crippen molar-refractivity contribution in [3.8, 4) is 10.7 Å². The third kappa shape index (κ3) is 1.31. The minimum atomic E-state index is 0.510. The lowest BCUT2D eigenvalue weighted by Crippen LogP contribution is -1.90. The van der Waals surface area contributed by atoms with E-state index in [1.807, 2.05) is 30.8 Å². The highest BCUT2D eigenvalue weighted by molar-refractivity contribution is 7.18. The third-order valence-corrected chi connectivity index (χ3v) is 2.68. The van der Waals surface area contributed by atoms with Crippen molar-refractivity contribution in [3.05, 3.63) is 17.8 Å². The summed E-state index contributed by atoms with van der Waals surface area (Å²) in [5, 5.41) is 9.18. The van der Waals surface area contributed by atoms with E-state index in [0.717, 1.165) is 10.7 Å². The summed E-state index contributed by atoms with van der Waals surface area (Å²) >= 11 is 1.41. The minimum absolute atomic E-state index is 0.510. The van der Waals surface area contributed by atoms with Crippen LogP contribution in [0.25, 0.3) is 10.7 Å². The standard InChI is InChI=1S/C8H10N4S/c1-5-3-4-12(2)6(5)7-10-11-8(9)13-7/h3-4H,1-2H3,(H2,9,11). The summed E-state index contributed by atoms with van der Waals surface area (Å²) in [5.41, 5.74) is 7.81. The lowest BCUT2D eigenvalue weighted by molar-refractivity contribution is 0.926. The third-order valence-electron chi connectivity index (χ3n) is 1.92. The first-order chi connectivity index (χ1) is 6.18. The van der Waals surface area contributed by atoms with Crippen LogP contribution in [0.3, 0.4) is 0 Å². The van der Waals surface area contributed by atoms with Crippen molar-refractivity contribution in [2.75, 3.05) is 5.73 Å². The lowest BCUT2D eigenvalue weighted by atomic mass is 10.3. The van der Waals surface area contributed by atoms with E-state index < -0.39 is 0 Å². The molecule has 0 atom stereocenters. The highest BCUT2D eigenvalue weighted by Gasteiger charge is 2.10. The van der Waals surface area contributed by atoms with Crippen molar-refractivity contribution in [3.63, 3.8) is 0 Å². The molecule has 0 bridgehead atoms. The number of rotatable bonds is 1. The molecule has 0 aliphatic rings. The second kappa shape index (κ2) is 2.85. The van der Waals surface area contributed by atoms with Crippen LogP contribution in [-0.2, 0) is 7.05 Å². The van der Waals surface area contributed by atoms with Crippen molar-refractivity contribution < 1.29 is 0 Å². The molecule has 2 aromatic rings. The molecule has 0 fully saturated rings. The van der Waals surface area contributed by atoms with Crippen molar-refractivity contribution >= 4 is 16.5 Å². The predicted molar refractivity (Wildman–Crippen MR) is 53.5 cm³/mol. The van der Waals surface area contributed by atoms with Gasteiger partial charge in [0.25, 0.3) is 0 Å². The summed E-state index contributed by atoms with van der Waals surface area (Å²) < 4.78 is 2.02. The monoisotopic (exact) mass is 194 g/mol. The van der Waals surface area contributed by atoms with E-state index in [1.54, 1.807) is 0 Å². The molecule has 0 spiro atoms. The number of anilines is 1. The Hall–Kier alpha value is -1.36. The van der Waals surface area contributed by atoms with Gasteiger partial charge in [0, 0.05) is 13.2 Å². The first kappa shape index (κ1) is 8.25. The summed E-state index contributed by atoms with van der Waals surface area (Å²) in [6, 6.07) is 2.05. The van der Waals surface area contributed by atoms with Gasteiger partial charge in [-0.2, -0.15) is 0 Å². The highest BCUT2D eigenvalue weighted by Crippen LogP contribution is 2.27. The zero-order chi connectivity index (χ0) is 9.42. The van der Waals surface area contributed by atoms with E-state index in [4.69, 9.17) is 5.73 Å². The molecule has 0 unspecified atom stereocenters. The second-order valence-electron chi connectivity index (χ2n) is 2.90. The Morgan fingerprint density at radius 1 is 1.46 bits per heavy atom. The van der Waals surface area contributed by atoms with Gasteiger partial charge in [0.15, 0.2) is 5.01 Å². The maximum Gasteiger partial charge on any atom is 0.203 e. The van der Waals surface area contributed by atoms with Crippen molar-refractivity contribution in [1.29, 1.82) is 0 Å². The van der Waals surface area contributed by atoms with E-state index in [9.17, 15) is 0 Å². The Labute approximate surface area is 80.0 Å². The summed E-state index contributed by atoms with van der Waals surface area (Å²) in [7, 11) is 1.99. The van der Waals surface area contributed by atoms with Gasteiger partial charge in [-0.3, -0.25) is 0 Å². The van der Waals surface area contributed by atoms with Crippen LogP contribution in [0.15, 0.2) is 12.3 Å². The van der Waals surface area contributed by atoms with Gasteiger partial charge in [-0.15, -0.1) is 10.2 Å². The van der Waals surface area contributed by atoms with Gasteiger partial charge in [-0.25, -0.2) is 0 Å². The van der Waals surface area contributed by atoms with Gasteiger partial charge in [0.05, 0.1) is 5.69 Å². The summed E-state index contributed by atoms with van der Waals surface area (Å²) in [4.78, 5) is 0. The second-order valence-corrected chi connectivity index (χ2v) is 3.91. The first-order valence-electron chi connectivity index (χ1n) is 3.90. The molecule has 0 aliphatic carbocycles. The summed E-state index contributed by atoms with van der Waals surface area (Å²) in [5.74, 6) is 0. The molecule has 0 saturated heterocycles. The average Bonchev–Trinajstić information content (AvgIpc) is 2.60. The molecule has 13 heavy (non-hydrogen) atoms. The number of hydrogen-bond donors (Lipinski definition) is 1. The van der Waals surface area contributed by atoms with Crippen LogP contribution in [0.5, 0.6) is 0 Å². The lowest BCUT2D eigenvalue weighted by Gasteiger charge is -1.98. The molecular weight excluding hydrogens is 184 g/mol. The van der Waals surface area contributed by atoms with E-state index in [2.05, 4.69) is 10.2 Å². The number of nitrogens with two attached hydrogens (primary N) is 1. The van der Waals surface area contributed by atoms with Gasteiger partial charge < -0.3 is 10.3 Å². The van der Waals surface area contributed by atoms with Crippen LogP contribution in [-0.4, -0.2) is 14.8 Å². The van der Waals surface area contributed by atoms with Gasteiger partial charge >= 0.3 is 0 Å². The zero-order valence-electron chi connectivity index (χ0n) is 7.48. The molecule has 0 aromatic carbocycles. The first-order valence-corrected chi connectivity index (χ1v) is 4.71. The van der Waals surface area contributed by atoms with Crippen LogP contribution in [0.2, 0.25) is 0 Å². The van der Waals surface area contributed by atoms with Crippen molar-refractivity contribution in [2.24, 2.45) is 7.05 Å². The van der Waals surface area contributed by atoms with E-state index in [1.165, 1.54) is 16.9 Å². The van der Waals surface area contributed by atoms with Crippen LogP contribution < -0.4 is 5.73 Å². The summed E-state index contributed by atoms with van der Waals surface area (Å²) in [6.45, 7) is 2.05. The molecule has 2 heterocycles. The Bertz CT molecular complexity index is 410. The van der Waals surface area contributed by atoms with Gasteiger partial charge in [-0.05, 0) is 18.6 Å². The molecule has 2 rings (SSSR count). The highest BCUT2D eigenvalue weighted by atomic mass is 32.1. The number of aromatic nitrogens is 3. The fourth-order valence-electron chi connectivity index (χ4n) is 1.31. The number of nitrogen functional groups attached to an aromatic ring is 1. The fraction of sp³-hybridized carbons (Fsp3) is 0.250. The van der Waals surface area contributed by atoms with E-state index in [-0.39, 0.29) is 0 Å². The maximum absolute atomic E-state index is 5.52. The fourth-order valence-corrected chi connectivity index (χ4v) is 2.07. The van der Waals surface area contributed by atoms with Crippen LogP contribution >= 0.6 is 11.3 Å². The molecule has 2 aromatic heterocycles. The Kier molecular flexibility index (Phi) is 1.81. The zero-order valence-corrected chi connectivity index (χ0v) is 8.30. The Morgan fingerprint density at radius 3 is 2.69 bits per heavy atom. The van der Waals surface area contributed by atoms with Gasteiger partial charge in [-0.1, -0.05) is 11.3 Å². The van der Waals surface area contributed by atoms with Crippen LogP contribution in [0.1, 0.15) is 5.56 Å². The number of hydrogen-bond acceptors (Lipinski definition) is 4. The van der Waals surface area contributed by atoms with Gasteiger partial charge in [0.2, 0.25) is 5.13 Å². The molecule has 0 amide bonds. The molecule has 4 nitrogen and oxygen atoms in total. The summed E-state index contributed by atoms with van der Waals surface area (Å²) in [6.07, 6.45) is 2.00. The largest absolute Gasteiger partial charge is 0.374 e. The quantitative estimate of drug-likeness (QED) is 0.747. The van der Waals surface area contributed by atoms with E-state index in [0.29, 0.717) is 5.13 Å². The molecule has 68 valence electrons. The topological polar surface area (TPSA) is 56.7 Å². The molecule has 2 N–H and O–H groups in total. The van der Waals surface area contributed by atoms with Crippen LogP contribution in [0.4, 0.5) is 5.13 Å². The SMILES string of the molecule is Cc1ccn(C)c1-c1nnc(N)s1. The van der Waals surface area contributed by atoms with Crippen molar-refractivity contribution in [1.82, 2.24) is 14.8 Å². The number of nitrogens with zero attached hydrogens (tertiary/aromatic N) is 3. The van der Waals surface area contributed by atoms with E-state index >= 15 is 0 Å². The Balaban J connectivity index is 2.57. The molecule has 0 radical (unpaired) electrons. The smallest absolute Gasteiger partial charge is 0.203 e. The normalized spacial score (nSPS) is 10.6. The predicted octanol–water partition coefficient (Wildman–Crippen LogP) is 1.43. The van der Waals surface area contributed by atoms with Crippen molar-refractivity contribution in [2.45, 2.75) is 6.92 Å². The average molecular weight is 194 g/mol. The molecule has 5 heteroatoms. The molecular formula is C8H10N4S. The number of aryl methyl sites for hydroxylation is 2. The molecule has 0 saturated carbocycles. The minimum Gasteiger partial charge on any atom is -0.374 e. The maximum atomic E-state index is 5.52. The Morgan fingerprint density at radius 2 is 2.23 bits per heavy atom.